The fraction of sp³-hybridized carbons (Fsp3) is 0.462. The Kier molecular flexibility index (Phi) is 6.51. The van der Waals surface area contributed by atoms with E-state index in [-0.39, 0.29) is 0 Å². The first-order valence-corrected chi connectivity index (χ1v) is 12.0. The van der Waals surface area contributed by atoms with Crippen molar-refractivity contribution < 1.29 is 4.79 Å². The molecule has 0 spiro atoms. The van der Waals surface area contributed by atoms with Crippen molar-refractivity contribution in [3.05, 3.63) is 60.4 Å². The minimum atomic E-state index is 0.313. The van der Waals surface area contributed by atoms with E-state index in [0.717, 1.165) is 75.6 Å². The normalized spacial score (nSPS) is 18.7. The molecule has 0 N–H and O–H groups in total. The largest absolute Gasteiger partial charge is 0.342 e. The molecule has 0 atom stereocenters. The third-order valence-corrected chi connectivity index (χ3v) is 6.83. The summed E-state index contributed by atoms with van der Waals surface area (Å²) in [6, 6.07) is 16.6. The van der Waals surface area contributed by atoms with E-state index in [2.05, 4.69) is 61.7 Å². The predicted octanol–water partition coefficient (Wildman–Crippen LogP) is 3.52. The summed E-state index contributed by atoms with van der Waals surface area (Å²) < 4.78 is 2.22. The highest BCUT2D eigenvalue weighted by atomic mass is 16.2. The minimum Gasteiger partial charge on any atom is -0.342 e. The van der Waals surface area contributed by atoms with Crippen molar-refractivity contribution in [3.63, 3.8) is 0 Å². The summed E-state index contributed by atoms with van der Waals surface area (Å²) in [6.45, 7) is 7.14. The van der Waals surface area contributed by atoms with Gasteiger partial charge in [-0.25, -0.2) is 4.98 Å². The molecule has 2 aromatic heterocycles. The number of piperazine rings is 1. The Bertz CT molecular complexity index is 1030. The third-order valence-electron chi connectivity index (χ3n) is 6.83. The van der Waals surface area contributed by atoms with Gasteiger partial charge >= 0.3 is 0 Å². The molecule has 1 aromatic carbocycles. The summed E-state index contributed by atoms with van der Waals surface area (Å²) in [7, 11) is 0. The summed E-state index contributed by atoms with van der Waals surface area (Å²) in [5.41, 5.74) is 4.45. The number of amides is 1. The second-order valence-corrected chi connectivity index (χ2v) is 9.05. The van der Waals surface area contributed by atoms with Crippen molar-refractivity contribution in [2.24, 2.45) is 0 Å². The van der Waals surface area contributed by atoms with Gasteiger partial charge in [-0.05, 0) is 25.0 Å². The maximum absolute atomic E-state index is 12.8. The number of carbonyl (C=O) groups is 1. The molecular weight excluding hydrogens is 398 g/mol. The van der Waals surface area contributed by atoms with Crippen molar-refractivity contribution in [2.75, 3.05) is 45.8 Å². The fourth-order valence-corrected chi connectivity index (χ4v) is 4.95. The van der Waals surface area contributed by atoms with Crippen molar-refractivity contribution in [1.29, 1.82) is 0 Å². The Balaban J connectivity index is 1.24. The van der Waals surface area contributed by atoms with Crippen LogP contribution in [0, 0.1) is 0 Å². The van der Waals surface area contributed by atoms with Crippen molar-refractivity contribution in [3.8, 4) is 11.3 Å². The van der Waals surface area contributed by atoms with E-state index in [1.165, 1.54) is 18.5 Å². The standard InChI is InChI=1S/C26H33N5O/c32-25(30-13-7-1-2-8-14-30)21-29-18-16-28(17-19-29)20-23-26(22-10-4-3-5-11-22)27-24-12-6-9-15-31(23)24/h3-6,9-12,15H,1-2,7-8,13-14,16-21H2. The molecule has 4 heterocycles. The van der Waals surface area contributed by atoms with Crippen LogP contribution < -0.4 is 0 Å². The molecule has 32 heavy (non-hydrogen) atoms. The van der Waals surface area contributed by atoms with Crippen LogP contribution in [0.1, 0.15) is 31.4 Å². The van der Waals surface area contributed by atoms with Crippen LogP contribution in [0.5, 0.6) is 0 Å². The van der Waals surface area contributed by atoms with Crippen molar-refractivity contribution in [2.45, 2.75) is 32.2 Å². The summed E-state index contributed by atoms with van der Waals surface area (Å²) in [5.74, 6) is 0.313. The first kappa shape index (κ1) is 21.2. The van der Waals surface area contributed by atoms with Crippen LogP contribution in [-0.4, -0.2) is 75.8 Å². The Morgan fingerprint density at radius 2 is 1.47 bits per heavy atom. The number of likely N-dealkylation sites (tertiary alicyclic amines) is 1. The van der Waals surface area contributed by atoms with Gasteiger partial charge in [-0.2, -0.15) is 0 Å². The SMILES string of the molecule is O=C(CN1CCN(Cc2c(-c3ccccc3)nc3ccccn23)CC1)N1CCCCCC1. The van der Waals surface area contributed by atoms with Crippen LogP contribution in [0.3, 0.4) is 0 Å². The first-order valence-electron chi connectivity index (χ1n) is 12.0. The lowest BCUT2D eigenvalue weighted by molar-refractivity contribution is -0.132. The number of fused-ring (bicyclic) bond motifs is 1. The zero-order valence-corrected chi connectivity index (χ0v) is 18.8. The van der Waals surface area contributed by atoms with Gasteiger partial charge in [-0.15, -0.1) is 0 Å². The summed E-state index contributed by atoms with van der Waals surface area (Å²) in [4.78, 5) is 24.6. The van der Waals surface area contributed by atoms with Crippen LogP contribution in [0.15, 0.2) is 54.7 Å². The smallest absolute Gasteiger partial charge is 0.236 e. The van der Waals surface area contributed by atoms with Gasteiger partial charge < -0.3 is 9.30 Å². The zero-order chi connectivity index (χ0) is 21.8. The fourth-order valence-electron chi connectivity index (χ4n) is 4.95. The van der Waals surface area contributed by atoms with Crippen LogP contribution in [-0.2, 0) is 11.3 Å². The van der Waals surface area contributed by atoms with E-state index in [4.69, 9.17) is 4.98 Å². The molecule has 2 aliphatic rings. The number of hydrogen-bond acceptors (Lipinski definition) is 4. The number of nitrogens with zero attached hydrogens (tertiary/aromatic N) is 5. The molecule has 0 radical (unpaired) electrons. The molecule has 1 amide bonds. The van der Waals surface area contributed by atoms with E-state index < -0.39 is 0 Å². The molecule has 6 heteroatoms. The molecule has 0 bridgehead atoms. The molecule has 2 aliphatic heterocycles. The Morgan fingerprint density at radius 3 is 2.22 bits per heavy atom. The van der Waals surface area contributed by atoms with Gasteiger partial charge in [0.2, 0.25) is 5.91 Å². The molecule has 5 rings (SSSR count). The second-order valence-electron chi connectivity index (χ2n) is 9.05. The minimum absolute atomic E-state index is 0.313. The highest BCUT2D eigenvalue weighted by molar-refractivity contribution is 5.78. The molecule has 0 saturated carbocycles. The number of hydrogen-bond donors (Lipinski definition) is 0. The molecule has 3 aromatic rings. The van der Waals surface area contributed by atoms with Gasteiger partial charge in [-0.3, -0.25) is 14.6 Å². The van der Waals surface area contributed by atoms with Crippen LogP contribution in [0.25, 0.3) is 16.9 Å². The second kappa shape index (κ2) is 9.84. The third kappa shape index (κ3) is 4.71. The summed E-state index contributed by atoms with van der Waals surface area (Å²) >= 11 is 0. The van der Waals surface area contributed by atoms with E-state index >= 15 is 0 Å². The molecular formula is C26H33N5O. The average Bonchev–Trinajstić information content (AvgIpc) is 2.99. The van der Waals surface area contributed by atoms with Gasteiger partial charge in [0.15, 0.2) is 0 Å². The topological polar surface area (TPSA) is 44.1 Å². The van der Waals surface area contributed by atoms with Crippen molar-refractivity contribution in [1.82, 2.24) is 24.1 Å². The maximum Gasteiger partial charge on any atom is 0.236 e. The van der Waals surface area contributed by atoms with E-state index in [0.29, 0.717) is 12.5 Å². The predicted molar refractivity (Wildman–Crippen MR) is 127 cm³/mol. The average molecular weight is 432 g/mol. The number of carbonyl (C=O) groups excluding carboxylic acids is 1. The van der Waals surface area contributed by atoms with Crippen LogP contribution >= 0.6 is 0 Å². The van der Waals surface area contributed by atoms with Crippen LogP contribution in [0.2, 0.25) is 0 Å². The van der Waals surface area contributed by atoms with Gasteiger partial charge in [0.25, 0.3) is 0 Å². The molecule has 6 nitrogen and oxygen atoms in total. The monoisotopic (exact) mass is 431 g/mol. The lowest BCUT2D eigenvalue weighted by Crippen LogP contribution is -2.50. The number of imidazole rings is 1. The van der Waals surface area contributed by atoms with E-state index in [1.54, 1.807) is 0 Å². The van der Waals surface area contributed by atoms with Gasteiger partial charge in [0, 0.05) is 57.6 Å². The van der Waals surface area contributed by atoms with Gasteiger partial charge in [0.05, 0.1) is 17.9 Å². The quantitative estimate of drug-likeness (QED) is 0.620. The highest BCUT2D eigenvalue weighted by Gasteiger charge is 2.24. The first-order chi connectivity index (χ1) is 15.8. The Hall–Kier alpha value is -2.70. The zero-order valence-electron chi connectivity index (χ0n) is 18.8. The Morgan fingerprint density at radius 1 is 0.781 bits per heavy atom. The van der Waals surface area contributed by atoms with Gasteiger partial charge in [0.1, 0.15) is 5.65 Å². The maximum atomic E-state index is 12.8. The number of benzene rings is 1. The lowest BCUT2D eigenvalue weighted by atomic mass is 10.1. The molecule has 168 valence electrons. The highest BCUT2D eigenvalue weighted by Crippen LogP contribution is 2.26. The van der Waals surface area contributed by atoms with Crippen LogP contribution in [0.4, 0.5) is 0 Å². The number of aromatic nitrogens is 2. The van der Waals surface area contributed by atoms with Crippen molar-refractivity contribution >= 4 is 11.6 Å². The van der Waals surface area contributed by atoms with E-state index in [1.807, 2.05) is 12.1 Å². The number of pyridine rings is 1. The summed E-state index contributed by atoms with van der Waals surface area (Å²) in [6.07, 6.45) is 6.94. The Labute approximate surface area is 190 Å². The summed E-state index contributed by atoms with van der Waals surface area (Å²) in [5, 5.41) is 0. The van der Waals surface area contributed by atoms with Gasteiger partial charge in [-0.1, -0.05) is 49.2 Å². The molecule has 2 fully saturated rings. The lowest BCUT2D eigenvalue weighted by Gasteiger charge is -2.35. The number of rotatable bonds is 5. The molecule has 0 aliphatic carbocycles. The molecule has 0 unspecified atom stereocenters. The molecule has 2 saturated heterocycles. The van der Waals surface area contributed by atoms with E-state index in [9.17, 15) is 4.79 Å².